The predicted octanol–water partition coefficient (Wildman–Crippen LogP) is 2.02. The van der Waals surface area contributed by atoms with E-state index in [1.807, 2.05) is 0 Å². The zero-order valence-electron chi connectivity index (χ0n) is 12.3. The highest BCUT2D eigenvalue weighted by atomic mass is 16.2. The van der Waals surface area contributed by atoms with Crippen LogP contribution >= 0.6 is 0 Å². The van der Waals surface area contributed by atoms with E-state index in [1.165, 1.54) is 0 Å². The van der Waals surface area contributed by atoms with E-state index >= 15 is 0 Å². The van der Waals surface area contributed by atoms with Gasteiger partial charge in [0.2, 0.25) is 0 Å². The molecule has 2 aromatic heterocycles. The highest BCUT2D eigenvalue weighted by Gasteiger charge is 2.14. The van der Waals surface area contributed by atoms with Crippen molar-refractivity contribution in [1.82, 2.24) is 19.9 Å². The normalized spacial score (nSPS) is 10.8. The molecule has 2 heterocycles. The van der Waals surface area contributed by atoms with Gasteiger partial charge >= 0.3 is 11.8 Å². The molecule has 0 bridgehead atoms. The van der Waals surface area contributed by atoms with Crippen LogP contribution in [0.4, 0.5) is 11.4 Å². The fourth-order valence-corrected chi connectivity index (χ4v) is 2.40. The number of nitrogens with one attached hydrogen (secondary N) is 4. The predicted molar refractivity (Wildman–Crippen MR) is 89.4 cm³/mol. The monoisotopic (exact) mass is 320 g/mol. The van der Waals surface area contributed by atoms with Gasteiger partial charge in [-0.15, -0.1) is 0 Å². The smallest absolute Gasteiger partial charge is 0.314 e. The lowest BCUT2D eigenvalue weighted by Gasteiger charge is -2.06. The van der Waals surface area contributed by atoms with E-state index in [-0.39, 0.29) is 0 Å². The molecule has 4 aromatic rings. The van der Waals surface area contributed by atoms with Crippen molar-refractivity contribution in [2.75, 3.05) is 10.6 Å². The third-order valence-electron chi connectivity index (χ3n) is 3.56. The number of carbonyl (C=O) groups is 2. The van der Waals surface area contributed by atoms with E-state index in [1.54, 1.807) is 49.1 Å². The van der Waals surface area contributed by atoms with E-state index in [9.17, 15) is 9.59 Å². The Morgan fingerprint density at radius 3 is 1.67 bits per heavy atom. The molecule has 0 aliphatic rings. The number of hydrogen-bond acceptors (Lipinski definition) is 4. The quantitative estimate of drug-likeness (QED) is 0.423. The molecule has 4 rings (SSSR count). The van der Waals surface area contributed by atoms with Crippen molar-refractivity contribution in [3.8, 4) is 0 Å². The van der Waals surface area contributed by atoms with Gasteiger partial charge in [-0.05, 0) is 36.4 Å². The second kappa shape index (κ2) is 5.51. The molecule has 4 N–H and O–H groups in total. The Kier molecular flexibility index (Phi) is 3.20. The minimum atomic E-state index is -0.751. The van der Waals surface area contributed by atoms with E-state index < -0.39 is 11.8 Å². The summed E-state index contributed by atoms with van der Waals surface area (Å²) in [5.74, 6) is -1.50. The number of H-pyrrole nitrogens is 2. The first-order chi connectivity index (χ1) is 11.7. The Morgan fingerprint density at radius 2 is 1.21 bits per heavy atom. The van der Waals surface area contributed by atoms with Crippen LogP contribution in [0.25, 0.3) is 22.1 Å². The highest BCUT2D eigenvalue weighted by Crippen LogP contribution is 2.17. The molecule has 8 heteroatoms. The molecule has 0 unspecified atom stereocenters. The first-order valence-corrected chi connectivity index (χ1v) is 7.18. The molecule has 0 spiro atoms. The molecule has 2 aromatic carbocycles. The molecule has 118 valence electrons. The van der Waals surface area contributed by atoms with E-state index in [0.29, 0.717) is 11.4 Å². The first-order valence-electron chi connectivity index (χ1n) is 7.18. The summed E-state index contributed by atoms with van der Waals surface area (Å²) < 4.78 is 0. The molecule has 24 heavy (non-hydrogen) atoms. The van der Waals surface area contributed by atoms with Crippen molar-refractivity contribution in [2.24, 2.45) is 0 Å². The van der Waals surface area contributed by atoms with E-state index in [0.717, 1.165) is 22.1 Å². The number of anilines is 2. The van der Waals surface area contributed by atoms with Crippen molar-refractivity contribution in [2.45, 2.75) is 0 Å². The average molecular weight is 320 g/mol. The van der Waals surface area contributed by atoms with Crippen LogP contribution in [0.2, 0.25) is 0 Å². The summed E-state index contributed by atoms with van der Waals surface area (Å²) in [6.45, 7) is 0. The molecule has 0 radical (unpaired) electrons. The Balaban J connectivity index is 1.47. The second-order valence-corrected chi connectivity index (χ2v) is 5.18. The van der Waals surface area contributed by atoms with Gasteiger partial charge in [-0.1, -0.05) is 0 Å². The van der Waals surface area contributed by atoms with Crippen LogP contribution in [0.15, 0.2) is 49.1 Å². The molecule has 0 aliphatic heterocycles. The summed E-state index contributed by atoms with van der Waals surface area (Å²) in [4.78, 5) is 38.1. The number of carbonyl (C=O) groups excluding carboxylic acids is 2. The Morgan fingerprint density at radius 1 is 0.750 bits per heavy atom. The molecular weight excluding hydrogens is 308 g/mol. The van der Waals surface area contributed by atoms with Gasteiger partial charge in [0.1, 0.15) is 0 Å². The van der Waals surface area contributed by atoms with Gasteiger partial charge in [0.05, 0.1) is 34.7 Å². The maximum absolute atomic E-state index is 12.0. The summed E-state index contributed by atoms with van der Waals surface area (Å²) in [7, 11) is 0. The number of fused-ring (bicyclic) bond motifs is 2. The summed E-state index contributed by atoms with van der Waals surface area (Å²) in [5, 5.41) is 5.11. The standard InChI is InChI=1S/C16H12N6O2/c23-15(21-9-1-3-11-13(5-9)19-7-17-11)16(24)22-10-2-4-12-14(6-10)20-8-18-12/h1-8H,(H,17,19)(H,18,20)(H,21,23)(H,22,24). The van der Waals surface area contributed by atoms with Gasteiger partial charge in [-0.2, -0.15) is 0 Å². The van der Waals surface area contributed by atoms with Crippen LogP contribution in [0.1, 0.15) is 0 Å². The number of amides is 2. The van der Waals surface area contributed by atoms with Gasteiger partial charge in [0.25, 0.3) is 0 Å². The second-order valence-electron chi connectivity index (χ2n) is 5.18. The van der Waals surface area contributed by atoms with Crippen LogP contribution in [0.5, 0.6) is 0 Å². The van der Waals surface area contributed by atoms with Crippen molar-refractivity contribution >= 4 is 45.3 Å². The number of benzene rings is 2. The Bertz CT molecular complexity index is 979. The number of aromatic amines is 2. The van der Waals surface area contributed by atoms with Crippen molar-refractivity contribution in [1.29, 1.82) is 0 Å². The third kappa shape index (κ3) is 2.56. The van der Waals surface area contributed by atoms with Crippen LogP contribution < -0.4 is 10.6 Å². The lowest BCUT2D eigenvalue weighted by atomic mass is 10.2. The van der Waals surface area contributed by atoms with Gasteiger partial charge in [0, 0.05) is 11.4 Å². The van der Waals surface area contributed by atoms with Crippen molar-refractivity contribution in [3.05, 3.63) is 49.1 Å². The summed E-state index contributed by atoms with van der Waals surface area (Å²) >= 11 is 0. The van der Waals surface area contributed by atoms with Gasteiger partial charge in [0.15, 0.2) is 0 Å². The zero-order chi connectivity index (χ0) is 16.5. The summed E-state index contributed by atoms with van der Waals surface area (Å²) in [6, 6.07) is 10.3. The maximum atomic E-state index is 12.0. The van der Waals surface area contributed by atoms with Crippen LogP contribution in [-0.4, -0.2) is 31.8 Å². The lowest BCUT2D eigenvalue weighted by molar-refractivity contribution is -0.132. The molecular formula is C16H12N6O2. The first kappa shape index (κ1) is 13.9. The third-order valence-corrected chi connectivity index (χ3v) is 3.56. The number of rotatable bonds is 2. The molecule has 0 saturated carbocycles. The van der Waals surface area contributed by atoms with Crippen LogP contribution in [0.3, 0.4) is 0 Å². The molecule has 8 nitrogen and oxygen atoms in total. The van der Waals surface area contributed by atoms with Crippen LogP contribution in [0, 0.1) is 0 Å². The van der Waals surface area contributed by atoms with Crippen molar-refractivity contribution in [3.63, 3.8) is 0 Å². The van der Waals surface area contributed by atoms with Gasteiger partial charge in [-0.3, -0.25) is 9.59 Å². The fraction of sp³-hybridized carbons (Fsp3) is 0. The molecule has 2 amide bonds. The van der Waals surface area contributed by atoms with Gasteiger partial charge in [-0.25, -0.2) is 9.97 Å². The number of hydrogen-bond donors (Lipinski definition) is 4. The minimum Gasteiger partial charge on any atom is -0.345 e. The summed E-state index contributed by atoms with van der Waals surface area (Å²) in [5.41, 5.74) is 4.14. The largest absolute Gasteiger partial charge is 0.345 e. The zero-order valence-corrected chi connectivity index (χ0v) is 12.3. The number of nitrogens with zero attached hydrogens (tertiary/aromatic N) is 2. The number of aromatic nitrogens is 4. The SMILES string of the molecule is O=C(Nc1ccc2nc[nH]c2c1)C(=O)Nc1ccc2nc[nH]c2c1. The lowest BCUT2D eigenvalue weighted by Crippen LogP contribution is -2.29. The number of imidazole rings is 2. The topological polar surface area (TPSA) is 116 Å². The van der Waals surface area contributed by atoms with Crippen LogP contribution in [-0.2, 0) is 9.59 Å². The summed E-state index contributed by atoms with van der Waals surface area (Å²) in [6.07, 6.45) is 3.13. The highest BCUT2D eigenvalue weighted by molar-refractivity contribution is 6.43. The Hall–Kier alpha value is -3.68. The van der Waals surface area contributed by atoms with E-state index in [4.69, 9.17) is 0 Å². The van der Waals surface area contributed by atoms with Gasteiger partial charge < -0.3 is 20.6 Å². The molecule has 0 atom stereocenters. The molecule has 0 fully saturated rings. The fourth-order valence-electron chi connectivity index (χ4n) is 2.40. The Labute approximate surface area is 135 Å². The minimum absolute atomic E-state index is 0.510. The van der Waals surface area contributed by atoms with E-state index in [2.05, 4.69) is 30.6 Å². The molecule has 0 aliphatic carbocycles. The van der Waals surface area contributed by atoms with Crippen molar-refractivity contribution < 1.29 is 9.59 Å². The average Bonchev–Trinajstić information content (AvgIpc) is 3.22. The maximum Gasteiger partial charge on any atom is 0.314 e. The molecule has 0 saturated heterocycles.